The number of anilines is 4. The van der Waals surface area contributed by atoms with E-state index in [0.29, 0.717) is 26.4 Å². The number of morpholine rings is 2. The van der Waals surface area contributed by atoms with Crippen molar-refractivity contribution in [1.82, 2.24) is 19.9 Å². The van der Waals surface area contributed by atoms with Crippen molar-refractivity contribution >= 4 is 44.5 Å². The molecule has 3 aliphatic heterocycles. The third kappa shape index (κ3) is 4.40. The van der Waals surface area contributed by atoms with Gasteiger partial charge in [-0.15, -0.1) is 0 Å². The molecule has 10 nitrogen and oxygen atoms in total. The molecule has 3 fully saturated rings. The molecule has 0 N–H and O–H groups in total. The van der Waals surface area contributed by atoms with Crippen LogP contribution in [0, 0.1) is 0 Å². The van der Waals surface area contributed by atoms with Crippen LogP contribution in [0.4, 0.5) is 23.0 Å². The predicted octanol–water partition coefficient (Wildman–Crippen LogP) is 1.48. The zero-order valence-electron chi connectivity index (χ0n) is 18.6. The van der Waals surface area contributed by atoms with Crippen LogP contribution in [-0.2, 0) is 9.47 Å². The Bertz CT molecular complexity index is 1020. The van der Waals surface area contributed by atoms with Gasteiger partial charge in [-0.3, -0.25) is 0 Å². The fourth-order valence-electron chi connectivity index (χ4n) is 4.39. The van der Waals surface area contributed by atoms with Gasteiger partial charge >= 0.3 is 0 Å². The zero-order chi connectivity index (χ0) is 22.0. The number of hydrogen-bond donors (Lipinski definition) is 0. The van der Waals surface area contributed by atoms with E-state index < -0.39 is 0 Å². The molecule has 0 saturated carbocycles. The number of thiazole rings is 1. The minimum Gasteiger partial charge on any atom is -0.378 e. The van der Waals surface area contributed by atoms with Crippen molar-refractivity contribution in [2.75, 3.05) is 98.4 Å². The Morgan fingerprint density at radius 3 is 1.61 bits per heavy atom. The fourth-order valence-corrected chi connectivity index (χ4v) is 5.40. The highest BCUT2D eigenvalue weighted by Gasteiger charge is 2.26. The highest BCUT2D eigenvalue weighted by atomic mass is 32.1. The molecule has 3 saturated heterocycles. The number of ether oxygens (including phenoxy) is 2. The molecule has 6 rings (SSSR count). The quantitative estimate of drug-likeness (QED) is 0.561. The van der Waals surface area contributed by atoms with Crippen LogP contribution < -0.4 is 19.6 Å². The topological polar surface area (TPSA) is 83.0 Å². The largest absolute Gasteiger partial charge is 0.378 e. The predicted molar refractivity (Wildman–Crippen MR) is 130 cm³/mol. The Labute approximate surface area is 196 Å². The van der Waals surface area contributed by atoms with Gasteiger partial charge < -0.3 is 29.1 Å². The van der Waals surface area contributed by atoms with Gasteiger partial charge in [-0.05, 0) is 12.1 Å². The van der Waals surface area contributed by atoms with E-state index in [1.807, 2.05) is 6.07 Å². The van der Waals surface area contributed by atoms with Crippen LogP contribution in [0.15, 0.2) is 24.3 Å². The summed E-state index contributed by atoms with van der Waals surface area (Å²) in [5.41, 5.74) is 1.07. The van der Waals surface area contributed by atoms with Gasteiger partial charge in [0.15, 0.2) is 5.13 Å². The molecular weight excluding hydrogens is 440 g/mol. The van der Waals surface area contributed by atoms with E-state index in [2.05, 4.69) is 37.8 Å². The monoisotopic (exact) mass is 468 g/mol. The summed E-state index contributed by atoms with van der Waals surface area (Å²) in [5, 5.41) is 1.09. The lowest BCUT2D eigenvalue weighted by Crippen LogP contribution is -2.47. The van der Waals surface area contributed by atoms with E-state index in [1.54, 1.807) is 11.3 Å². The first-order valence-corrected chi connectivity index (χ1v) is 12.4. The molecule has 3 aliphatic rings. The van der Waals surface area contributed by atoms with E-state index in [4.69, 9.17) is 29.4 Å². The maximum Gasteiger partial charge on any atom is 0.232 e. The lowest BCUT2D eigenvalue weighted by Gasteiger charge is -2.36. The third-order valence-corrected chi connectivity index (χ3v) is 7.40. The summed E-state index contributed by atoms with van der Waals surface area (Å²) in [4.78, 5) is 28.5. The first-order chi connectivity index (χ1) is 16.3. The smallest absolute Gasteiger partial charge is 0.232 e. The Hall–Kier alpha value is -2.76. The zero-order valence-corrected chi connectivity index (χ0v) is 19.4. The molecule has 0 amide bonds. The van der Waals surface area contributed by atoms with Crippen LogP contribution in [0.2, 0.25) is 0 Å². The number of nitrogens with zero attached hydrogens (tertiary/aromatic N) is 8. The summed E-state index contributed by atoms with van der Waals surface area (Å²) in [6, 6.07) is 8.33. The van der Waals surface area contributed by atoms with E-state index in [0.717, 1.165) is 80.9 Å². The van der Waals surface area contributed by atoms with Gasteiger partial charge in [-0.25, -0.2) is 4.98 Å². The number of para-hydroxylation sites is 1. The molecule has 0 atom stereocenters. The first kappa shape index (κ1) is 20.8. The van der Waals surface area contributed by atoms with Gasteiger partial charge in [-0.1, -0.05) is 23.5 Å². The highest BCUT2D eigenvalue weighted by molar-refractivity contribution is 7.22. The summed E-state index contributed by atoms with van der Waals surface area (Å²) in [6.45, 7) is 9.52. The molecule has 0 aliphatic carbocycles. The van der Waals surface area contributed by atoms with Crippen molar-refractivity contribution in [1.29, 1.82) is 0 Å². The molecule has 11 heteroatoms. The SMILES string of the molecule is c1ccc2sc(N3CCN(c4nc(N5CCOCC5)nc(N5CCOCC5)n4)CC3)nc2c1. The van der Waals surface area contributed by atoms with Crippen molar-refractivity contribution in [2.24, 2.45) is 0 Å². The van der Waals surface area contributed by atoms with Gasteiger partial charge in [0.25, 0.3) is 0 Å². The van der Waals surface area contributed by atoms with Crippen molar-refractivity contribution in [3.63, 3.8) is 0 Å². The van der Waals surface area contributed by atoms with Gasteiger partial charge in [0.1, 0.15) is 0 Å². The summed E-state index contributed by atoms with van der Waals surface area (Å²) < 4.78 is 12.3. The molecule has 0 spiro atoms. The maximum atomic E-state index is 5.53. The number of rotatable bonds is 4. The Kier molecular flexibility index (Phi) is 5.83. The lowest BCUT2D eigenvalue weighted by molar-refractivity contribution is 0.121. The average molecular weight is 469 g/mol. The second kappa shape index (κ2) is 9.24. The molecular formula is C22H28N8O2S. The number of hydrogen-bond acceptors (Lipinski definition) is 11. The van der Waals surface area contributed by atoms with Crippen molar-refractivity contribution in [2.45, 2.75) is 0 Å². The normalized spacial score (nSPS) is 20.0. The van der Waals surface area contributed by atoms with E-state index in [1.165, 1.54) is 4.70 Å². The van der Waals surface area contributed by atoms with E-state index >= 15 is 0 Å². The van der Waals surface area contributed by atoms with Crippen LogP contribution >= 0.6 is 11.3 Å². The van der Waals surface area contributed by atoms with Crippen molar-refractivity contribution < 1.29 is 9.47 Å². The van der Waals surface area contributed by atoms with Crippen LogP contribution in [0.25, 0.3) is 10.2 Å². The molecule has 174 valence electrons. The second-order valence-electron chi connectivity index (χ2n) is 8.37. The minimum atomic E-state index is 0.703. The van der Waals surface area contributed by atoms with Crippen LogP contribution in [-0.4, -0.2) is 98.7 Å². The van der Waals surface area contributed by atoms with Gasteiger partial charge in [0, 0.05) is 52.4 Å². The number of benzene rings is 1. The lowest BCUT2D eigenvalue weighted by atomic mass is 10.3. The first-order valence-electron chi connectivity index (χ1n) is 11.6. The van der Waals surface area contributed by atoms with E-state index in [-0.39, 0.29) is 0 Å². The van der Waals surface area contributed by atoms with Crippen LogP contribution in [0.5, 0.6) is 0 Å². The Balaban J connectivity index is 1.22. The molecule has 0 bridgehead atoms. The molecule has 3 aromatic rings. The molecule has 33 heavy (non-hydrogen) atoms. The molecule has 0 unspecified atom stereocenters. The van der Waals surface area contributed by atoms with Crippen LogP contribution in [0.1, 0.15) is 0 Å². The van der Waals surface area contributed by atoms with Gasteiger partial charge in [0.05, 0.1) is 36.6 Å². The van der Waals surface area contributed by atoms with E-state index in [9.17, 15) is 0 Å². The van der Waals surface area contributed by atoms with Crippen LogP contribution in [0.3, 0.4) is 0 Å². The molecule has 1 aromatic carbocycles. The summed E-state index contributed by atoms with van der Waals surface area (Å²) in [7, 11) is 0. The molecule has 0 radical (unpaired) electrons. The molecule has 2 aromatic heterocycles. The summed E-state index contributed by atoms with van der Waals surface area (Å²) in [6.07, 6.45) is 0. The highest BCUT2D eigenvalue weighted by Crippen LogP contribution is 2.30. The standard InChI is InChI=1S/C22H28N8O2S/c1-2-4-18-17(3-1)23-22(33-18)30-7-5-27(6-8-30)19-24-20(28-9-13-31-14-10-28)26-21(25-19)29-11-15-32-16-12-29/h1-4H,5-16H2. The van der Waals surface area contributed by atoms with Gasteiger partial charge in [0.2, 0.25) is 17.8 Å². The van der Waals surface area contributed by atoms with Gasteiger partial charge in [-0.2, -0.15) is 15.0 Å². The number of fused-ring (bicyclic) bond motifs is 1. The van der Waals surface area contributed by atoms with Crippen molar-refractivity contribution in [3.05, 3.63) is 24.3 Å². The minimum absolute atomic E-state index is 0.703. The molecule has 5 heterocycles. The maximum absolute atomic E-state index is 5.53. The average Bonchev–Trinajstić information content (AvgIpc) is 3.34. The Morgan fingerprint density at radius 2 is 1.06 bits per heavy atom. The second-order valence-corrected chi connectivity index (χ2v) is 9.38. The Morgan fingerprint density at radius 1 is 0.576 bits per heavy atom. The fraction of sp³-hybridized carbons (Fsp3) is 0.545. The third-order valence-electron chi connectivity index (χ3n) is 6.30. The number of piperazine rings is 1. The summed E-state index contributed by atoms with van der Waals surface area (Å²) >= 11 is 1.76. The summed E-state index contributed by atoms with van der Waals surface area (Å²) in [5.74, 6) is 2.26. The van der Waals surface area contributed by atoms with Crippen molar-refractivity contribution in [3.8, 4) is 0 Å². The number of aromatic nitrogens is 4.